The topological polar surface area (TPSA) is 54.5 Å². The maximum atomic E-state index is 13.0. The summed E-state index contributed by atoms with van der Waals surface area (Å²) in [5, 5.41) is 0. The first kappa shape index (κ1) is 17.9. The van der Waals surface area contributed by atoms with E-state index >= 15 is 0 Å². The van der Waals surface area contributed by atoms with E-state index in [1.165, 1.54) is 12.1 Å². The van der Waals surface area contributed by atoms with E-state index in [9.17, 15) is 17.6 Å². The molecule has 1 aromatic rings. The lowest BCUT2D eigenvalue weighted by atomic mass is 9.97. The number of hydrogen-bond acceptors (Lipinski definition) is 3. The summed E-state index contributed by atoms with van der Waals surface area (Å²) in [5.41, 5.74) is 0.985. The normalized spacial score (nSPS) is 21.9. The SMILES string of the molecule is CC(C)CS(=O)(=O)CC(=O)N1C[C@H](c2ccc(F)cc2)C[C@H]1C. The quantitative estimate of drug-likeness (QED) is 0.827. The second kappa shape index (κ2) is 6.99. The summed E-state index contributed by atoms with van der Waals surface area (Å²) in [6.45, 7) is 6.06. The first-order valence-electron chi connectivity index (χ1n) is 7.93. The zero-order valence-electron chi connectivity index (χ0n) is 13.8. The molecule has 1 saturated heterocycles. The van der Waals surface area contributed by atoms with Gasteiger partial charge in [0.05, 0.1) is 5.75 Å². The Morgan fingerprint density at radius 3 is 2.48 bits per heavy atom. The molecule has 0 aromatic heterocycles. The number of carbonyl (C=O) groups is 1. The molecule has 0 radical (unpaired) electrons. The number of benzene rings is 1. The first-order valence-corrected chi connectivity index (χ1v) is 9.75. The number of rotatable bonds is 5. The molecule has 4 nitrogen and oxygen atoms in total. The van der Waals surface area contributed by atoms with Crippen molar-refractivity contribution in [3.8, 4) is 0 Å². The zero-order chi connectivity index (χ0) is 17.2. The molecule has 1 aromatic carbocycles. The lowest BCUT2D eigenvalue weighted by molar-refractivity contribution is -0.128. The van der Waals surface area contributed by atoms with Gasteiger partial charge in [0.1, 0.15) is 11.6 Å². The van der Waals surface area contributed by atoms with E-state index in [1.54, 1.807) is 17.0 Å². The number of sulfone groups is 1. The molecule has 6 heteroatoms. The molecule has 2 rings (SSSR count). The lowest BCUT2D eigenvalue weighted by Gasteiger charge is -2.21. The third kappa shape index (κ3) is 4.77. The molecular weight excluding hydrogens is 317 g/mol. The summed E-state index contributed by atoms with van der Waals surface area (Å²) < 4.78 is 37.0. The molecule has 128 valence electrons. The van der Waals surface area contributed by atoms with Crippen molar-refractivity contribution in [2.24, 2.45) is 5.92 Å². The fourth-order valence-electron chi connectivity index (χ4n) is 3.19. The van der Waals surface area contributed by atoms with Gasteiger partial charge in [-0.15, -0.1) is 0 Å². The highest BCUT2D eigenvalue weighted by molar-refractivity contribution is 7.92. The molecule has 0 unspecified atom stereocenters. The lowest BCUT2D eigenvalue weighted by Crippen LogP contribution is -2.38. The average Bonchev–Trinajstić information content (AvgIpc) is 2.79. The van der Waals surface area contributed by atoms with Crippen LogP contribution in [0.1, 0.15) is 38.7 Å². The van der Waals surface area contributed by atoms with Crippen LogP contribution in [0.25, 0.3) is 0 Å². The monoisotopic (exact) mass is 341 g/mol. The Labute approximate surface area is 137 Å². The first-order chi connectivity index (χ1) is 10.7. The summed E-state index contributed by atoms with van der Waals surface area (Å²) in [7, 11) is -3.37. The highest BCUT2D eigenvalue weighted by Crippen LogP contribution is 2.31. The molecule has 0 bridgehead atoms. The van der Waals surface area contributed by atoms with E-state index in [0.717, 1.165) is 12.0 Å². The molecule has 0 N–H and O–H groups in total. The molecule has 1 aliphatic heterocycles. The molecule has 0 spiro atoms. The summed E-state index contributed by atoms with van der Waals surface area (Å²) in [5.74, 6) is -0.873. The second-order valence-electron chi connectivity index (χ2n) is 6.83. The summed E-state index contributed by atoms with van der Waals surface area (Å²) in [4.78, 5) is 14.0. The van der Waals surface area contributed by atoms with Crippen LogP contribution in [0.4, 0.5) is 4.39 Å². The number of likely N-dealkylation sites (tertiary alicyclic amines) is 1. The minimum absolute atomic E-state index is 0.00759. The molecule has 1 aliphatic rings. The van der Waals surface area contributed by atoms with E-state index in [0.29, 0.717) is 6.54 Å². The van der Waals surface area contributed by atoms with Gasteiger partial charge in [0.25, 0.3) is 0 Å². The van der Waals surface area contributed by atoms with Crippen LogP contribution >= 0.6 is 0 Å². The maximum Gasteiger partial charge on any atom is 0.238 e. The number of nitrogens with zero attached hydrogens (tertiary/aromatic N) is 1. The fraction of sp³-hybridized carbons (Fsp3) is 0.588. The van der Waals surface area contributed by atoms with Gasteiger partial charge in [-0.2, -0.15) is 0 Å². The van der Waals surface area contributed by atoms with Gasteiger partial charge < -0.3 is 4.90 Å². The van der Waals surface area contributed by atoms with Crippen molar-refractivity contribution in [2.75, 3.05) is 18.1 Å². The Hall–Kier alpha value is -1.43. The van der Waals surface area contributed by atoms with Gasteiger partial charge in [0.2, 0.25) is 5.91 Å². The van der Waals surface area contributed by atoms with Crippen molar-refractivity contribution in [2.45, 2.75) is 39.2 Å². The Morgan fingerprint density at radius 1 is 1.30 bits per heavy atom. The fourth-order valence-corrected chi connectivity index (χ4v) is 4.87. The largest absolute Gasteiger partial charge is 0.338 e. The molecular formula is C17H24FNO3S. The van der Waals surface area contributed by atoms with Crippen molar-refractivity contribution >= 4 is 15.7 Å². The minimum atomic E-state index is -3.37. The van der Waals surface area contributed by atoms with Crippen LogP contribution in [0.2, 0.25) is 0 Å². The van der Waals surface area contributed by atoms with Crippen molar-refractivity contribution in [1.82, 2.24) is 4.90 Å². The van der Waals surface area contributed by atoms with E-state index in [-0.39, 0.29) is 35.4 Å². The smallest absolute Gasteiger partial charge is 0.238 e. The van der Waals surface area contributed by atoms with Crippen LogP contribution < -0.4 is 0 Å². The van der Waals surface area contributed by atoms with Gasteiger partial charge in [-0.05, 0) is 37.0 Å². The molecule has 0 aliphatic carbocycles. The van der Waals surface area contributed by atoms with Gasteiger partial charge in [-0.1, -0.05) is 26.0 Å². The minimum Gasteiger partial charge on any atom is -0.338 e. The third-order valence-electron chi connectivity index (χ3n) is 4.17. The van der Waals surface area contributed by atoms with Crippen LogP contribution in [0.15, 0.2) is 24.3 Å². The van der Waals surface area contributed by atoms with Crippen LogP contribution in [-0.4, -0.2) is 43.3 Å². The van der Waals surface area contributed by atoms with Crippen LogP contribution in [0.5, 0.6) is 0 Å². The van der Waals surface area contributed by atoms with E-state index < -0.39 is 15.6 Å². The average molecular weight is 341 g/mol. The number of hydrogen-bond donors (Lipinski definition) is 0. The predicted molar refractivity (Wildman–Crippen MR) is 88.4 cm³/mol. The predicted octanol–water partition coefficient (Wildman–Crippen LogP) is 2.60. The van der Waals surface area contributed by atoms with Gasteiger partial charge >= 0.3 is 0 Å². The molecule has 23 heavy (non-hydrogen) atoms. The Balaban J connectivity index is 2.03. The Kier molecular flexibility index (Phi) is 5.45. The molecule has 1 heterocycles. The third-order valence-corrected chi connectivity index (χ3v) is 6.03. The molecule has 1 fully saturated rings. The van der Waals surface area contributed by atoms with Crippen LogP contribution in [0, 0.1) is 11.7 Å². The number of halogens is 1. The van der Waals surface area contributed by atoms with Crippen LogP contribution in [-0.2, 0) is 14.6 Å². The second-order valence-corrected chi connectivity index (χ2v) is 8.94. The van der Waals surface area contributed by atoms with Gasteiger partial charge in [0, 0.05) is 18.5 Å². The standard InChI is InChI=1S/C17H24FNO3S/c1-12(2)10-23(21,22)11-17(20)19-9-15(8-13(19)3)14-4-6-16(18)7-5-14/h4-7,12-13,15H,8-11H2,1-3H3/t13-,15-/m1/s1. The zero-order valence-corrected chi connectivity index (χ0v) is 14.6. The highest BCUT2D eigenvalue weighted by atomic mass is 32.2. The van der Waals surface area contributed by atoms with Crippen molar-refractivity contribution < 1.29 is 17.6 Å². The summed E-state index contributed by atoms with van der Waals surface area (Å²) in [6, 6.07) is 6.29. The van der Waals surface area contributed by atoms with Gasteiger partial charge in [0.15, 0.2) is 9.84 Å². The Bertz CT molecular complexity index is 655. The summed E-state index contributed by atoms with van der Waals surface area (Å²) in [6.07, 6.45) is 0.765. The molecule has 1 amide bonds. The van der Waals surface area contributed by atoms with Crippen molar-refractivity contribution in [1.29, 1.82) is 0 Å². The maximum absolute atomic E-state index is 13.0. The molecule has 2 atom stereocenters. The number of amides is 1. The number of carbonyl (C=O) groups excluding carboxylic acids is 1. The van der Waals surface area contributed by atoms with Crippen molar-refractivity contribution in [3.63, 3.8) is 0 Å². The summed E-state index contributed by atoms with van der Waals surface area (Å²) >= 11 is 0. The van der Waals surface area contributed by atoms with Gasteiger partial charge in [-0.3, -0.25) is 4.79 Å². The highest BCUT2D eigenvalue weighted by Gasteiger charge is 2.34. The van der Waals surface area contributed by atoms with Gasteiger partial charge in [-0.25, -0.2) is 12.8 Å². The molecule has 0 saturated carbocycles. The van der Waals surface area contributed by atoms with Crippen molar-refractivity contribution in [3.05, 3.63) is 35.6 Å². The van der Waals surface area contributed by atoms with E-state index in [4.69, 9.17) is 0 Å². The Morgan fingerprint density at radius 2 is 1.91 bits per heavy atom. The van der Waals surface area contributed by atoms with E-state index in [2.05, 4.69) is 0 Å². The van der Waals surface area contributed by atoms with Crippen LogP contribution in [0.3, 0.4) is 0 Å². The van der Waals surface area contributed by atoms with E-state index in [1.807, 2.05) is 20.8 Å².